The molecule has 0 heterocycles. The van der Waals surface area contributed by atoms with Gasteiger partial charge in [-0.3, -0.25) is 0 Å². The molecule has 3 rings (SSSR count). The minimum atomic E-state index is 0. The van der Waals surface area contributed by atoms with E-state index in [1.807, 2.05) is 60.7 Å². The zero-order valence-electron chi connectivity index (χ0n) is 10.9. The Bertz CT molecular complexity index is 742. The van der Waals surface area contributed by atoms with Crippen LogP contribution >= 0.6 is 0 Å². The number of hydrogen-bond donors (Lipinski definition) is 1. The van der Waals surface area contributed by atoms with Crippen LogP contribution in [-0.4, -0.2) is 5.11 Å². The molecule has 4 heteroatoms. The summed E-state index contributed by atoms with van der Waals surface area (Å²) < 4.78 is 0. The summed E-state index contributed by atoms with van der Waals surface area (Å²) in [5, 5.41) is 20.2. The van der Waals surface area contributed by atoms with E-state index in [1.54, 1.807) is 6.07 Å². The molecule has 0 fully saturated rings. The largest absolute Gasteiger partial charge is 2.00 e. The van der Waals surface area contributed by atoms with Gasteiger partial charge in [-0.05, 0) is 23.6 Å². The van der Waals surface area contributed by atoms with Crippen LogP contribution in [0.15, 0.2) is 77.0 Å². The van der Waals surface area contributed by atoms with Crippen LogP contribution in [0.3, 0.4) is 0 Å². The van der Waals surface area contributed by atoms with E-state index in [0.717, 1.165) is 16.5 Å². The van der Waals surface area contributed by atoms with Gasteiger partial charge in [-0.15, -0.1) is 5.11 Å². The van der Waals surface area contributed by atoms with Gasteiger partial charge < -0.3 is 5.11 Å². The number of hydrogen-bond acceptors (Lipinski definition) is 3. The number of phenols is 1. The number of azo groups is 1. The minimum absolute atomic E-state index is 0. The molecule has 0 radical (unpaired) electrons. The quantitative estimate of drug-likeness (QED) is 0.437. The average Bonchev–Trinajstić information content (AvgIpc) is 2.47. The van der Waals surface area contributed by atoms with Crippen molar-refractivity contribution in [1.29, 1.82) is 0 Å². The summed E-state index contributed by atoms with van der Waals surface area (Å²) in [6.45, 7) is 0. The van der Waals surface area contributed by atoms with E-state index >= 15 is 0 Å². The van der Waals surface area contributed by atoms with Crippen LogP contribution in [0.4, 0.5) is 11.4 Å². The van der Waals surface area contributed by atoms with Crippen molar-refractivity contribution in [3.63, 3.8) is 0 Å². The molecule has 0 aliphatic heterocycles. The second-order valence-corrected chi connectivity index (χ2v) is 4.19. The van der Waals surface area contributed by atoms with Gasteiger partial charge in [-0.25, -0.2) is 0 Å². The van der Waals surface area contributed by atoms with Crippen LogP contribution in [0, 0.1) is 0 Å². The summed E-state index contributed by atoms with van der Waals surface area (Å²) in [6, 6.07) is 20.7. The van der Waals surface area contributed by atoms with Crippen molar-refractivity contribution in [1.82, 2.24) is 0 Å². The number of benzene rings is 3. The van der Waals surface area contributed by atoms with Gasteiger partial charge in [0.25, 0.3) is 0 Å². The first kappa shape index (κ1) is 14.7. The summed E-state index contributed by atoms with van der Waals surface area (Å²) in [7, 11) is 0. The Kier molecular flexibility index (Phi) is 4.85. The van der Waals surface area contributed by atoms with Crippen molar-refractivity contribution < 1.29 is 32.8 Å². The second-order valence-electron chi connectivity index (χ2n) is 4.19. The van der Waals surface area contributed by atoms with Gasteiger partial charge in [0.05, 0.1) is 5.69 Å². The number of aromatic hydroxyl groups is 1. The van der Waals surface area contributed by atoms with E-state index in [9.17, 15) is 5.11 Å². The molecule has 20 heavy (non-hydrogen) atoms. The Morgan fingerprint density at radius 1 is 0.700 bits per heavy atom. The summed E-state index contributed by atoms with van der Waals surface area (Å²) in [5.74, 6) is 0.137. The molecule has 0 unspecified atom stereocenters. The van der Waals surface area contributed by atoms with Gasteiger partial charge in [0.1, 0.15) is 11.4 Å². The first-order chi connectivity index (χ1) is 9.34. The van der Waals surface area contributed by atoms with Crippen LogP contribution in [0.5, 0.6) is 5.75 Å². The van der Waals surface area contributed by atoms with Crippen LogP contribution in [0.2, 0.25) is 0 Å². The Hall–Kier alpha value is -1.74. The van der Waals surface area contributed by atoms with Gasteiger partial charge >= 0.3 is 27.7 Å². The van der Waals surface area contributed by atoms with Crippen molar-refractivity contribution in [3.8, 4) is 5.75 Å². The fraction of sp³-hybridized carbons (Fsp3) is 0. The normalized spacial score (nSPS) is 10.6. The van der Waals surface area contributed by atoms with Crippen LogP contribution < -0.4 is 0 Å². The van der Waals surface area contributed by atoms with Crippen LogP contribution in [-0.2, 0) is 27.7 Å². The molecule has 1 N–H and O–H groups in total. The van der Waals surface area contributed by atoms with Crippen LogP contribution in [0.1, 0.15) is 0 Å². The fourth-order valence-corrected chi connectivity index (χ4v) is 1.95. The van der Waals surface area contributed by atoms with Crippen molar-refractivity contribution in [3.05, 3.63) is 66.7 Å². The van der Waals surface area contributed by atoms with E-state index in [2.05, 4.69) is 10.2 Å². The van der Waals surface area contributed by atoms with Gasteiger partial charge in [0.15, 0.2) is 0 Å². The first-order valence-corrected chi connectivity index (χ1v) is 6.02. The molecule has 3 nitrogen and oxygen atoms in total. The van der Waals surface area contributed by atoms with Crippen molar-refractivity contribution in [2.24, 2.45) is 10.2 Å². The minimum Gasteiger partial charge on any atom is -0.506 e. The zero-order valence-corrected chi connectivity index (χ0v) is 16.4. The molecule has 0 aliphatic rings. The average molecular weight is 449 g/mol. The molecular weight excluding hydrogens is 437 g/mol. The maximum atomic E-state index is 9.93. The van der Waals surface area contributed by atoms with Crippen molar-refractivity contribution in [2.75, 3.05) is 0 Å². The Morgan fingerprint density at radius 3 is 2.20 bits per heavy atom. The summed E-state index contributed by atoms with van der Waals surface area (Å²) in [6.07, 6.45) is 0. The van der Waals surface area contributed by atoms with Gasteiger partial charge in [-0.2, -0.15) is 5.11 Å². The smallest absolute Gasteiger partial charge is 0.506 e. The predicted octanol–water partition coefficient (Wildman–Crippen LogP) is 4.96. The monoisotopic (exact) mass is 450 g/mol. The van der Waals surface area contributed by atoms with Crippen molar-refractivity contribution >= 4 is 22.1 Å². The molecule has 92 valence electrons. The maximum absolute atomic E-state index is 9.93. The zero-order chi connectivity index (χ0) is 13.1. The first-order valence-electron chi connectivity index (χ1n) is 6.02. The van der Waals surface area contributed by atoms with E-state index in [-0.39, 0.29) is 33.4 Å². The van der Waals surface area contributed by atoms with Gasteiger partial charge in [0.2, 0.25) is 0 Å². The topological polar surface area (TPSA) is 45.0 Å². The molecule has 0 bridgehead atoms. The molecule has 0 aromatic heterocycles. The van der Waals surface area contributed by atoms with E-state index in [4.69, 9.17) is 0 Å². The molecule has 0 spiro atoms. The molecule has 3 aromatic rings. The Labute approximate surface area is 137 Å². The predicted molar refractivity (Wildman–Crippen MR) is 76.2 cm³/mol. The standard InChI is InChI=1S/C16H12N2O.Hg/c19-15-11-10-12-6-4-5-9-14(12)16(15)18-17-13-7-2-1-3-8-13;/h1-11,19H;/q;+2. The number of fused-ring (bicyclic) bond motifs is 1. The molecular formula is C16H12HgN2O+2. The molecule has 0 saturated heterocycles. The Morgan fingerprint density at radius 2 is 1.40 bits per heavy atom. The third kappa shape index (κ3) is 3.04. The third-order valence-corrected chi connectivity index (χ3v) is 2.90. The fourth-order valence-electron chi connectivity index (χ4n) is 1.95. The molecule has 3 aromatic carbocycles. The van der Waals surface area contributed by atoms with E-state index in [1.165, 1.54) is 0 Å². The number of phenolic OH excluding ortho intramolecular Hbond substituents is 1. The van der Waals surface area contributed by atoms with Crippen LogP contribution in [0.25, 0.3) is 10.8 Å². The van der Waals surface area contributed by atoms with Gasteiger partial charge in [0, 0.05) is 5.39 Å². The molecule has 0 amide bonds. The Balaban J connectivity index is 0.00000147. The summed E-state index contributed by atoms with van der Waals surface area (Å²) in [5.41, 5.74) is 1.26. The second kappa shape index (κ2) is 6.61. The van der Waals surface area contributed by atoms with Gasteiger partial charge in [-0.1, -0.05) is 48.5 Å². The maximum Gasteiger partial charge on any atom is 2.00 e. The number of rotatable bonds is 2. The SMILES string of the molecule is Oc1ccc2ccccc2c1N=Nc1ccccc1.[Hg+2]. The molecule has 0 atom stereocenters. The summed E-state index contributed by atoms with van der Waals surface area (Å²) >= 11 is 0. The third-order valence-electron chi connectivity index (χ3n) is 2.90. The number of nitrogens with zero attached hydrogens (tertiary/aromatic N) is 2. The van der Waals surface area contributed by atoms with E-state index < -0.39 is 0 Å². The summed E-state index contributed by atoms with van der Waals surface area (Å²) in [4.78, 5) is 0. The molecule has 0 aliphatic carbocycles. The van der Waals surface area contributed by atoms with E-state index in [0.29, 0.717) is 5.69 Å². The molecule has 0 saturated carbocycles. The van der Waals surface area contributed by atoms with Crippen molar-refractivity contribution in [2.45, 2.75) is 0 Å².